The van der Waals surface area contributed by atoms with Crippen molar-refractivity contribution in [3.8, 4) is 0 Å². The van der Waals surface area contributed by atoms with Crippen molar-refractivity contribution in [3.63, 3.8) is 0 Å². The molecule has 0 radical (unpaired) electrons. The maximum absolute atomic E-state index is 12.2. The lowest BCUT2D eigenvalue weighted by Gasteiger charge is -2.33. The van der Waals surface area contributed by atoms with Crippen LogP contribution in [-0.2, 0) is 0 Å². The monoisotopic (exact) mass is 306 g/mol. The van der Waals surface area contributed by atoms with Crippen LogP contribution in [0, 0.1) is 5.92 Å². The van der Waals surface area contributed by atoms with Crippen LogP contribution in [0.1, 0.15) is 73.5 Å². The zero-order chi connectivity index (χ0) is 15.0. The van der Waals surface area contributed by atoms with Crippen molar-refractivity contribution < 1.29 is 4.79 Å². The number of carbonyl (C=O) groups is 1. The third-order valence-electron chi connectivity index (χ3n) is 4.91. The molecule has 3 nitrogen and oxygen atoms in total. The molecule has 0 aromatic carbocycles. The molecule has 0 bridgehead atoms. The summed E-state index contributed by atoms with van der Waals surface area (Å²) in [5, 5.41) is 1.31. The molecule has 2 N–H and O–H groups in total. The van der Waals surface area contributed by atoms with E-state index in [4.69, 9.17) is 5.73 Å². The summed E-state index contributed by atoms with van der Waals surface area (Å²) in [4.78, 5) is 15.5. The second-order valence-electron chi connectivity index (χ2n) is 6.48. The number of hydrogen-bond donors (Lipinski definition) is 1. The van der Waals surface area contributed by atoms with Crippen LogP contribution < -0.4 is 10.6 Å². The van der Waals surface area contributed by atoms with Gasteiger partial charge in [0, 0.05) is 25.1 Å². The standard InChI is InChI=1S/C17H26N2OS/c1-3-11-6-5-9-19(10-11)17-14(12-7-8-12)15(18)16(21-17)13(20)4-2/h11-12H,3-10,18H2,1-2H3. The lowest BCUT2D eigenvalue weighted by molar-refractivity contribution is 0.0993. The fraction of sp³-hybridized carbons (Fsp3) is 0.706. The summed E-state index contributed by atoms with van der Waals surface area (Å²) in [6.07, 6.45) is 6.87. The number of nitrogen functional groups attached to an aromatic ring is 1. The van der Waals surface area contributed by atoms with Crippen molar-refractivity contribution in [2.45, 2.75) is 58.3 Å². The van der Waals surface area contributed by atoms with Crippen LogP contribution in [0.25, 0.3) is 0 Å². The molecule has 1 aliphatic heterocycles. The predicted octanol–water partition coefficient (Wildman–Crippen LogP) is 4.43. The van der Waals surface area contributed by atoms with Gasteiger partial charge in [-0.2, -0.15) is 0 Å². The number of nitrogens with two attached hydrogens (primary N) is 1. The first-order chi connectivity index (χ1) is 10.2. The third kappa shape index (κ3) is 2.83. The number of anilines is 2. The highest BCUT2D eigenvalue weighted by atomic mass is 32.1. The van der Waals surface area contributed by atoms with E-state index >= 15 is 0 Å². The number of Topliss-reactive ketones (excluding diaryl/α,β-unsaturated/α-hetero) is 1. The smallest absolute Gasteiger partial charge is 0.174 e. The number of piperidine rings is 1. The van der Waals surface area contributed by atoms with Gasteiger partial charge in [-0.3, -0.25) is 4.79 Å². The topological polar surface area (TPSA) is 46.3 Å². The van der Waals surface area contributed by atoms with Crippen molar-refractivity contribution in [1.29, 1.82) is 0 Å². The van der Waals surface area contributed by atoms with Crippen molar-refractivity contribution in [2.75, 3.05) is 23.7 Å². The van der Waals surface area contributed by atoms with Gasteiger partial charge in [0.15, 0.2) is 5.78 Å². The largest absolute Gasteiger partial charge is 0.397 e. The van der Waals surface area contributed by atoms with Crippen LogP contribution in [0.4, 0.5) is 10.7 Å². The Kier molecular flexibility index (Phi) is 4.25. The van der Waals surface area contributed by atoms with Gasteiger partial charge in [-0.15, -0.1) is 11.3 Å². The molecule has 1 aromatic rings. The molecule has 4 heteroatoms. The van der Waals surface area contributed by atoms with Crippen molar-refractivity contribution >= 4 is 27.8 Å². The maximum Gasteiger partial charge on any atom is 0.174 e. The minimum absolute atomic E-state index is 0.203. The highest BCUT2D eigenvalue weighted by Gasteiger charge is 2.35. The van der Waals surface area contributed by atoms with E-state index in [1.54, 1.807) is 11.3 Å². The Bertz CT molecular complexity index is 533. The zero-order valence-electron chi connectivity index (χ0n) is 13.2. The molecule has 0 amide bonds. The maximum atomic E-state index is 12.2. The molecule has 0 spiro atoms. The Labute approximate surface area is 131 Å². The number of thiophene rings is 1. The van der Waals surface area contributed by atoms with Gasteiger partial charge in [-0.1, -0.05) is 20.3 Å². The molecule has 2 fully saturated rings. The quantitative estimate of drug-likeness (QED) is 0.819. The van der Waals surface area contributed by atoms with E-state index in [1.165, 1.54) is 42.7 Å². The summed E-state index contributed by atoms with van der Waals surface area (Å²) >= 11 is 1.66. The summed E-state index contributed by atoms with van der Waals surface area (Å²) in [5.74, 6) is 1.60. The molecule has 1 saturated carbocycles. The van der Waals surface area contributed by atoms with Crippen molar-refractivity contribution in [2.24, 2.45) is 5.92 Å². The van der Waals surface area contributed by atoms with Crippen LogP contribution in [0.3, 0.4) is 0 Å². The van der Waals surface area contributed by atoms with Crippen LogP contribution in [0.5, 0.6) is 0 Å². The molecule has 21 heavy (non-hydrogen) atoms. The fourth-order valence-electron chi connectivity index (χ4n) is 3.40. The number of carbonyl (C=O) groups excluding carboxylic acids is 1. The van der Waals surface area contributed by atoms with Gasteiger partial charge in [0.1, 0.15) is 0 Å². The average molecular weight is 306 g/mol. The van der Waals surface area contributed by atoms with Gasteiger partial charge < -0.3 is 10.6 Å². The Morgan fingerprint density at radius 3 is 2.71 bits per heavy atom. The van der Waals surface area contributed by atoms with E-state index in [9.17, 15) is 4.79 Å². The second-order valence-corrected chi connectivity index (χ2v) is 7.48. The minimum Gasteiger partial charge on any atom is -0.397 e. The lowest BCUT2D eigenvalue weighted by atomic mass is 9.95. The van der Waals surface area contributed by atoms with E-state index < -0.39 is 0 Å². The minimum atomic E-state index is 0.203. The molecule has 1 atom stereocenters. The van der Waals surface area contributed by atoms with Gasteiger partial charge >= 0.3 is 0 Å². The molecular weight excluding hydrogens is 280 g/mol. The SMILES string of the molecule is CCC(=O)c1sc(N2CCCC(CC)C2)c(C2CC2)c1N. The average Bonchev–Trinajstić information content (AvgIpc) is 3.29. The molecule has 1 unspecified atom stereocenters. The number of rotatable bonds is 5. The summed E-state index contributed by atoms with van der Waals surface area (Å²) in [7, 11) is 0. The highest BCUT2D eigenvalue weighted by molar-refractivity contribution is 7.19. The fourth-order valence-corrected chi connectivity index (χ4v) is 4.75. The van der Waals surface area contributed by atoms with E-state index in [2.05, 4.69) is 11.8 Å². The lowest BCUT2D eigenvalue weighted by Crippen LogP contribution is -2.35. The first kappa shape index (κ1) is 14.9. The molecule has 1 saturated heterocycles. The third-order valence-corrected chi connectivity index (χ3v) is 6.23. The Morgan fingerprint density at radius 2 is 2.10 bits per heavy atom. The Morgan fingerprint density at radius 1 is 1.33 bits per heavy atom. The Balaban J connectivity index is 1.95. The molecular formula is C17H26N2OS. The summed E-state index contributed by atoms with van der Waals surface area (Å²) in [5.41, 5.74) is 8.45. The zero-order valence-corrected chi connectivity index (χ0v) is 14.0. The van der Waals surface area contributed by atoms with Gasteiger partial charge in [0.05, 0.1) is 15.6 Å². The van der Waals surface area contributed by atoms with Crippen molar-refractivity contribution in [3.05, 3.63) is 10.4 Å². The number of ketones is 1. The van der Waals surface area contributed by atoms with Gasteiger partial charge in [0.2, 0.25) is 0 Å². The highest BCUT2D eigenvalue weighted by Crippen LogP contribution is 2.52. The molecule has 3 rings (SSSR count). The van der Waals surface area contributed by atoms with Gasteiger partial charge in [-0.25, -0.2) is 0 Å². The summed E-state index contributed by atoms with van der Waals surface area (Å²) < 4.78 is 0. The first-order valence-electron chi connectivity index (χ1n) is 8.35. The molecule has 1 aromatic heterocycles. The predicted molar refractivity (Wildman–Crippen MR) is 90.6 cm³/mol. The second kappa shape index (κ2) is 5.99. The van der Waals surface area contributed by atoms with E-state index in [1.807, 2.05) is 6.92 Å². The molecule has 116 valence electrons. The first-order valence-corrected chi connectivity index (χ1v) is 9.17. The van der Waals surface area contributed by atoms with Crippen LogP contribution >= 0.6 is 11.3 Å². The van der Waals surface area contributed by atoms with E-state index in [-0.39, 0.29) is 5.78 Å². The molecule has 2 heterocycles. The van der Waals surface area contributed by atoms with Crippen LogP contribution in [0.2, 0.25) is 0 Å². The summed E-state index contributed by atoms with van der Waals surface area (Å²) in [6, 6.07) is 0. The van der Waals surface area contributed by atoms with Crippen LogP contribution in [-0.4, -0.2) is 18.9 Å². The van der Waals surface area contributed by atoms with Gasteiger partial charge in [-0.05, 0) is 37.5 Å². The van der Waals surface area contributed by atoms with Gasteiger partial charge in [0.25, 0.3) is 0 Å². The molecule has 1 aliphatic carbocycles. The van der Waals surface area contributed by atoms with Crippen molar-refractivity contribution in [1.82, 2.24) is 0 Å². The normalized spacial score (nSPS) is 22.6. The number of hydrogen-bond acceptors (Lipinski definition) is 4. The number of nitrogens with zero attached hydrogens (tertiary/aromatic N) is 1. The summed E-state index contributed by atoms with van der Waals surface area (Å²) in [6.45, 7) is 6.46. The Hall–Kier alpha value is -1.03. The molecule has 2 aliphatic rings. The van der Waals surface area contributed by atoms with E-state index in [0.717, 1.165) is 29.6 Å². The van der Waals surface area contributed by atoms with Crippen LogP contribution in [0.15, 0.2) is 0 Å². The van der Waals surface area contributed by atoms with E-state index in [0.29, 0.717) is 12.3 Å².